The van der Waals surface area contributed by atoms with Crippen LogP contribution in [-0.4, -0.2) is 44.5 Å². The normalized spacial score (nSPS) is 19.7. The number of carboxylic acid groups (broad SMARTS) is 1. The van der Waals surface area contributed by atoms with E-state index >= 15 is 0 Å². The Morgan fingerprint density at radius 2 is 1.62 bits per heavy atom. The van der Waals surface area contributed by atoms with E-state index in [1.165, 1.54) is 0 Å². The maximum absolute atomic E-state index is 13.5. The van der Waals surface area contributed by atoms with Crippen molar-refractivity contribution in [1.82, 2.24) is 0 Å². The van der Waals surface area contributed by atoms with E-state index < -0.39 is 19.2 Å². The number of ether oxygens (including phenoxy) is 5. The number of benzene rings is 2. The first-order chi connectivity index (χ1) is 17.0. The van der Waals surface area contributed by atoms with E-state index in [0.717, 1.165) is 23.3 Å². The van der Waals surface area contributed by atoms with Crippen LogP contribution in [0.4, 0.5) is 4.79 Å². The van der Waals surface area contributed by atoms with Crippen molar-refractivity contribution in [3.8, 4) is 28.7 Å². The van der Waals surface area contributed by atoms with Crippen molar-refractivity contribution in [3.05, 3.63) is 41.0 Å². The molecule has 3 aliphatic rings. The Morgan fingerprint density at radius 3 is 2.15 bits per heavy atom. The van der Waals surface area contributed by atoms with E-state index in [1.807, 2.05) is 18.2 Å². The van der Waals surface area contributed by atoms with Gasteiger partial charge in [0, 0.05) is 23.6 Å². The summed E-state index contributed by atoms with van der Waals surface area (Å²) in [5.41, 5.74) is -0.189. The van der Waals surface area contributed by atoms with Gasteiger partial charge in [0.15, 0.2) is 17.3 Å². The summed E-state index contributed by atoms with van der Waals surface area (Å²) >= 11 is 0. The summed E-state index contributed by atoms with van der Waals surface area (Å²) in [6.45, 7) is 4.58. The molecule has 0 radical (unpaired) electrons. The van der Waals surface area contributed by atoms with Crippen LogP contribution in [-0.2, 0) is 11.0 Å². The molecule has 3 aliphatic heterocycles. The van der Waals surface area contributed by atoms with Gasteiger partial charge in [-0.3, -0.25) is 4.79 Å². The second kappa shape index (κ2) is 14.8. The van der Waals surface area contributed by atoms with Crippen molar-refractivity contribution in [2.24, 2.45) is 5.92 Å². The van der Waals surface area contributed by atoms with Crippen LogP contribution in [0, 0.1) is 5.92 Å². The number of Topliss-reactive ketones (excluding diaryl/α,β-unsaturated/α-hetero) is 1. The monoisotopic (exact) mass is 588 g/mol. The van der Waals surface area contributed by atoms with Gasteiger partial charge in [-0.25, -0.2) is 0 Å². The largest absolute Gasteiger partial charge is 1.00 e. The molecule has 15 heteroatoms. The molecule has 0 amide bonds. The molecule has 3 unspecified atom stereocenters. The van der Waals surface area contributed by atoms with Crippen LogP contribution >= 0.6 is 7.60 Å². The van der Waals surface area contributed by atoms with Gasteiger partial charge in [0.1, 0.15) is 36.1 Å². The van der Waals surface area contributed by atoms with Crippen LogP contribution in [0.2, 0.25) is 0 Å². The summed E-state index contributed by atoms with van der Waals surface area (Å²) < 4.78 is 38.3. The predicted octanol–water partition coefficient (Wildman–Crippen LogP) is -7.96. The molecular weight excluding hydrogens is 564 g/mol. The minimum Gasteiger partial charge on any atom is -0.807 e. The number of carbonyl (C=O) groups is 2. The zero-order chi connectivity index (χ0) is 26.4. The number of hydrogen-bond acceptors (Lipinski definition) is 11. The molecule has 39 heavy (non-hydrogen) atoms. The van der Waals surface area contributed by atoms with Crippen molar-refractivity contribution in [1.29, 1.82) is 0 Å². The molecule has 0 spiro atoms. The minimum atomic E-state index is -5.43. The molecule has 3 heterocycles. The van der Waals surface area contributed by atoms with Gasteiger partial charge in [-0.05, 0) is 31.7 Å². The van der Waals surface area contributed by atoms with Crippen molar-refractivity contribution in [2.75, 3.05) is 20.8 Å². The van der Waals surface area contributed by atoms with Crippen LogP contribution in [0.1, 0.15) is 41.3 Å². The number of fused-ring (bicyclic) bond motifs is 6. The number of methoxy groups -OCH3 is 2. The Bertz CT molecular complexity index is 1260. The average Bonchev–Trinajstić information content (AvgIpc) is 3.28. The number of rotatable bonds is 4. The van der Waals surface area contributed by atoms with Crippen molar-refractivity contribution in [3.63, 3.8) is 0 Å². The molecule has 0 bridgehead atoms. The maximum Gasteiger partial charge on any atom is 1.00 e. The standard InChI is InChI=1S/C23H24O6.CH3O5P.3Na/c1-11(2)16-8-14-15(28-16)6-5-12-22(24)21-13-7-18(25-3)19(26-4)9-17(13)27-10-20(21)29-23(12)14;2-1(3)7(4,5)6;;;/h5-7,9,11,16,20-21H,8,10H2,1-4H3;(H,2,3)(H2,4,5,6);;;/q;;3*+1/p-3. The second-order valence-electron chi connectivity index (χ2n) is 8.84. The van der Waals surface area contributed by atoms with Crippen molar-refractivity contribution >= 4 is 19.1 Å². The molecule has 194 valence electrons. The Hall–Kier alpha value is -0.270. The second-order valence-corrected chi connectivity index (χ2v) is 10.2. The first-order valence-electron chi connectivity index (χ1n) is 11.1. The Kier molecular flexibility index (Phi) is 13.9. The molecule has 0 aliphatic carbocycles. The fourth-order valence-corrected chi connectivity index (χ4v) is 4.46. The van der Waals surface area contributed by atoms with Crippen molar-refractivity contribution < 1.29 is 141 Å². The summed E-state index contributed by atoms with van der Waals surface area (Å²) in [7, 11) is -2.28. The van der Waals surface area contributed by atoms with Crippen LogP contribution in [0.15, 0.2) is 24.3 Å². The molecule has 11 nitrogen and oxygen atoms in total. The predicted molar refractivity (Wildman–Crippen MR) is 119 cm³/mol. The van der Waals surface area contributed by atoms with E-state index in [1.54, 1.807) is 20.3 Å². The molecule has 0 saturated heterocycles. The molecule has 2 aromatic rings. The number of hydrogen-bond donors (Lipinski definition) is 0. The third kappa shape index (κ3) is 7.58. The summed E-state index contributed by atoms with van der Waals surface area (Å²) in [5.74, 6) is 3.24. The fourth-order valence-electron chi connectivity index (χ4n) is 4.46. The average molecular weight is 588 g/mol. The van der Waals surface area contributed by atoms with Crippen molar-refractivity contribution in [2.45, 2.75) is 38.4 Å². The van der Waals surface area contributed by atoms with Gasteiger partial charge in [-0.1, -0.05) is 13.8 Å². The topological polar surface area (TPSA) is 167 Å². The van der Waals surface area contributed by atoms with E-state index in [-0.39, 0.29) is 107 Å². The van der Waals surface area contributed by atoms with Gasteiger partial charge in [-0.15, -0.1) is 0 Å². The van der Waals surface area contributed by atoms with Gasteiger partial charge in [0.2, 0.25) is 0 Å². The SMILES string of the molecule is COc1cc2c(cc1OC)C1C(=O)c3ccc4c(c3OC1CO2)CC(C(C)C)O4.O=C([O-])P(=O)([O-])[O-].[Na+].[Na+].[Na+]. The van der Waals surface area contributed by atoms with Crippen LogP contribution < -0.4 is 127 Å². The molecule has 2 aromatic carbocycles. The van der Waals surface area contributed by atoms with E-state index in [2.05, 4.69) is 13.8 Å². The van der Waals surface area contributed by atoms with E-state index in [0.29, 0.717) is 41.1 Å². The minimum absolute atomic E-state index is 0. The third-order valence-electron chi connectivity index (χ3n) is 6.31. The molecule has 0 saturated carbocycles. The van der Waals surface area contributed by atoms with Gasteiger partial charge >= 0.3 is 88.7 Å². The number of carbonyl (C=O) groups excluding carboxylic acids is 2. The number of ketones is 1. The smallest absolute Gasteiger partial charge is 0.807 e. The summed E-state index contributed by atoms with van der Waals surface area (Å²) in [6.07, 6.45) is 0.474. The zero-order valence-electron chi connectivity index (χ0n) is 23.0. The molecule has 0 aromatic heterocycles. The molecular formula is C24H24Na3O11P. The Morgan fingerprint density at radius 1 is 1.03 bits per heavy atom. The van der Waals surface area contributed by atoms with E-state index in [4.69, 9.17) is 47.9 Å². The zero-order valence-corrected chi connectivity index (χ0v) is 29.9. The third-order valence-corrected chi connectivity index (χ3v) is 6.76. The van der Waals surface area contributed by atoms with Crippen LogP contribution in [0.5, 0.6) is 28.7 Å². The van der Waals surface area contributed by atoms with Gasteiger partial charge < -0.3 is 47.9 Å². The Labute approximate surface area is 292 Å². The molecule has 3 atom stereocenters. The quantitative estimate of drug-likeness (QED) is 0.246. The van der Waals surface area contributed by atoms with Gasteiger partial charge in [-0.2, -0.15) is 0 Å². The van der Waals surface area contributed by atoms with Gasteiger partial charge in [0.25, 0.3) is 0 Å². The molecule has 0 fully saturated rings. The summed E-state index contributed by atoms with van der Waals surface area (Å²) in [6, 6.07) is 7.32. The molecule has 0 N–H and O–H groups in total. The van der Waals surface area contributed by atoms with Gasteiger partial charge in [0.05, 0.1) is 31.4 Å². The van der Waals surface area contributed by atoms with Crippen LogP contribution in [0.3, 0.4) is 0 Å². The summed E-state index contributed by atoms with van der Waals surface area (Å²) in [4.78, 5) is 40.8. The first kappa shape index (κ1) is 36.8. The van der Waals surface area contributed by atoms with E-state index in [9.17, 15) is 4.79 Å². The fraction of sp³-hybridized carbons (Fsp3) is 0.417. The summed E-state index contributed by atoms with van der Waals surface area (Å²) in [5, 5.41) is 9.02. The molecule has 5 rings (SSSR count). The first-order valence-corrected chi connectivity index (χ1v) is 12.7. The van der Waals surface area contributed by atoms with Crippen LogP contribution in [0.25, 0.3) is 0 Å². The maximum atomic E-state index is 13.5. The Balaban J connectivity index is 0.000000680.